The molecular weight excluding hydrogens is 490 g/mol. The highest BCUT2D eigenvalue weighted by Gasteiger charge is 2.31. The van der Waals surface area contributed by atoms with Crippen molar-refractivity contribution in [2.75, 3.05) is 0 Å². The lowest BCUT2D eigenvalue weighted by Gasteiger charge is -2.33. The van der Waals surface area contributed by atoms with E-state index in [1.807, 2.05) is 60.7 Å². The largest absolute Gasteiger partial charge is 0.443 e. The SMILES string of the molecule is CC(C)(C)OC(=O)NN(C(=O)OCc1cncs1)C(Cc1ccccc1)CC(O)CCc1ccccc1. The van der Waals surface area contributed by atoms with E-state index in [4.69, 9.17) is 9.47 Å². The number of aromatic nitrogens is 1. The number of hydrogen-bond acceptors (Lipinski definition) is 7. The first kappa shape index (κ1) is 28.1. The molecule has 2 amide bonds. The normalized spacial score (nSPS) is 12.9. The Morgan fingerprint density at radius 3 is 2.30 bits per heavy atom. The Hall–Kier alpha value is -3.43. The van der Waals surface area contributed by atoms with Gasteiger partial charge >= 0.3 is 12.2 Å². The number of carbonyl (C=O) groups excluding carboxylic acids is 2. The zero-order valence-corrected chi connectivity index (χ0v) is 22.3. The monoisotopic (exact) mass is 525 g/mol. The minimum atomic E-state index is -0.779. The number of aliphatic hydroxyl groups excluding tert-OH is 1. The molecule has 0 fully saturated rings. The van der Waals surface area contributed by atoms with Gasteiger partial charge in [0.25, 0.3) is 0 Å². The van der Waals surface area contributed by atoms with E-state index in [1.165, 1.54) is 11.3 Å². The maximum absolute atomic E-state index is 13.3. The fraction of sp³-hybridized carbons (Fsp3) is 0.393. The maximum atomic E-state index is 13.3. The van der Waals surface area contributed by atoms with Crippen molar-refractivity contribution in [3.8, 4) is 0 Å². The van der Waals surface area contributed by atoms with Gasteiger partial charge < -0.3 is 14.6 Å². The van der Waals surface area contributed by atoms with Gasteiger partial charge in [0.05, 0.1) is 22.5 Å². The first-order chi connectivity index (χ1) is 17.7. The number of rotatable bonds is 10. The Morgan fingerprint density at radius 1 is 1.05 bits per heavy atom. The van der Waals surface area contributed by atoms with Gasteiger partial charge in [-0.1, -0.05) is 60.7 Å². The number of nitrogens with one attached hydrogen (secondary N) is 1. The molecular formula is C28H35N3O5S. The molecule has 3 rings (SSSR count). The van der Waals surface area contributed by atoms with Gasteiger partial charge in [0.1, 0.15) is 12.2 Å². The Morgan fingerprint density at radius 2 is 1.70 bits per heavy atom. The summed E-state index contributed by atoms with van der Waals surface area (Å²) in [4.78, 5) is 30.7. The van der Waals surface area contributed by atoms with Gasteiger partial charge in [-0.15, -0.1) is 11.3 Å². The maximum Gasteiger partial charge on any atom is 0.429 e. The second-order valence-electron chi connectivity index (χ2n) is 9.76. The van der Waals surface area contributed by atoms with Gasteiger partial charge in [-0.3, -0.25) is 4.98 Å². The van der Waals surface area contributed by atoms with Crippen LogP contribution in [0.5, 0.6) is 0 Å². The number of hydrogen-bond donors (Lipinski definition) is 2. The summed E-state index contributed by atoms with van der Waals surface area (Å²) in [6.45, 7) is 5.25. The second-order valence-corrected chi connectivity index (χ2v) is 10.7. The quantitative estimate of drug-likeness (QED) is 0.338. The molecule has 2 atom stereocenters. The predicted molar refractivity (Wildman–Crippen MR) is 143 cm³/mol. The average molecular weight is 526 g/mol. The van der Waals surface area contributed by atoms with Crippen LogP contribution in [0, 0.1) is 0 Å². The van der Waals surface area contributed by atoms with Crippen molar-refractivity contribution in [2.45, 2.75) is 70.8 Å². The molecule has 198 valence electrons. The van der Waals surface area contributed by atoms with E-state index in [-0.39, 0.29) is 13.0 Å². The van der Waals surface area contributed by atoms with Crippen molar-refractivity contribution in [1.82, 2.24) is 15.4 Å². The van der Waals surface area contributed by atoms with E-state index in [0.717, 1.165) is 21.0 Å². The molecule has 37 heavy (non-hydrogen) atoms. The second kappa shape index (κ2) is 13.8. The number of benzene rings is 2. The van der Waals surface area contributed by atoms with Crippen molar-refractivity contribution in [3.05, 3.63) is 88.4 Å². The van der Waals surface area contributed by atoms with Gasteiger partial charge in [-0.05, 0) is 57.6 Å². The Bertz CT molecular complexity index is 1090. The standard InChI is InChI=1S/C28H35N3O5S/c1-28(2,3)36-26(33)30-31(27(34)35-19-25-18-29-20-37-25)23(16-22-12-8-5-9-13-22)17-24(32)15-14-21-10-6-4-7-11-21/h4-13,18,20,23-24,32H,14-17,19H2,1-3H3,(H,30,33). The van der Waals surface area contributed by atoms with Crippen LogP contribution in [0.15, 0.2) is 72.4 Å². The highest BCUT2D eigenvalue weighted by molar-refractivity contribution is 7.09. The van der Waals surface area contributed by atoms with Crippen LogP contribution in [0.2, 0.25) is 0 Å². The fourth-order valence-electron chi connectivity index (χ4n) is 3.78. The highest BCUT2D eigenvalue weighted by Crippen LogP contribution is 2.19. The molecule has 2 aromatic carbocycles. The lowest BCUT2D eigenvalue weighted by molar-refractivity contribution is 0.00903. The van der Waals surface area contributed by atoms with E-state index in [0.29, 0.717) is 19.3 Å². The van der Waals surface area contributed by atoms with Gasteiger partial charge in [0.15, 0.2) is 0 Å². The summed E-state index contributed by atoms with van der Waals surface area (Å²) in [7, 11) is 0. The van der Waals surface area contributed by atoms with Crippen LogP contribution in [0.3, 0.4) is 0 Å². The summed E-state index contributed by atoms with van der Waals surface area (Å²) in [5.41, 5.74) is 5.55. The van der Waals surface area contributed by atoms with Crippen LogP contribution in [0.4, 0.5) is 9.59 Å². The number of aryl methyl sites for hydroxylation is 1. The first-order valence-electron chi connectivity index (χ1n) is 12.3. The molecule has 2 N–H and O–H groups in total. The lowest BCUT2D eigenvalue weighted by atomic mass is 9.97. The molecule has 0 radical (unpaired) electrons. The summed E-state index contributed by atoms with van der Waals surface area (Å²) in [5.74, 6) is 0. The summed E-state index contributed by atoms with van der Waals surface area (Å²) in [5, 5.41) is 12.1. The van der Waals surface area contributed by atoms with E-state index >= 15 is 0 Å². The van der Waals surface area contributed by atoms with Gasteiger partial charge in [0.2, 0.25) is 0 Å². The van der Waals surface area contributed by atoms with Crippen LogP contribution in [0.1, 0.15) is 49.6 Å². The Balaban J connectivity index is 1.79. The van der Waals surface area contributed by atoms with E-state index in [2.05, 4.69) is 10.4 Å². The average Bonchev–Trinajstić information content (AvgIpc) is 3.38. The predicted octanol–water partition coefficient (Wildman–Crippen LogP) is 5.52. The van der Waals surface area contributed by atoms with E-state index in [9.17, 15) is 14.7 Å². The van der Waals surface area contributed by atoms with Crippen LogP contribution in [-0.4, -0.2) is 45.0 Å². The minimum absolute atomic E-state index is 0.0185. The van der Waals surface area contributed by atoms with Gasteiger partial charge in [-0.25, -0.2) is 20.0 Å². The zero-order valence-electron chi connectivity index (χ0n) is 21.5. The van der Waals surface area contributed by atoms with Crippen molar-refractivity contribution < 1.29 is 24.2 Å². The van der Waals surface area contributed by atoms with Crippen molar-refractivity contribution in [1.29, 1.82) is 0 Å². The molecule has 9 heteroatoms. The molecule has 8 nitrogen and oxygen atoms in total. The molecule has 0 saturated heterocycles. The summed E-state index contributed by atoms with van der Waals surface area (Å²) < 4.78 is 10.9. The minimum Gasteiger partial charge on any atom is -0.443 e. The number of carbonyl (C=O) groups is 2. The van der Waals surface area contributed by atoms with Gasteiger partial charge in [0, 0.05) is 6.20 Å². The Labute approximate surface area is 222 Å². The van der Waals surface area contributed by atoms with Crippen molar-refractivity contribution in [3.63, 3.8) is 0 Å². The number of amides is 2. The van der Waals surface area contributed by atoms with Crippen molar-refractivity contribution in [2.24, 2.45) is 0 Å². The van der Waals surface area contributed by atoms with Crippen LogP contribution in [-0.2, 0) is 28.9 Å². The Kier molecular flexibility index (Phi) is 10.5. The number of ether oxygens (including phenoxy) is 2. The van der Waals surface area contributed by atoms with Gasteiger partial charge in [-0.2, -0.15) is 0 Å². The molecule has 1 aromatic heterocycles. The molecule has 0 bridgehead atoms. The number of nitrogens with zero attached hydrogens (tertiary/aromatic N) is 2. The molecule has 1 heterocycles. The van der Waals surface area contributed by atoms with Crippen molar-refractivity contribution >= 4 is 23.5 Å². The summed E-state index contributed by atoms with van der Waals surface area (Å²) in [6, 6.07) is 18.9. The smallest absolute Gasteiger partial charge is 0.429 e. The topological polar surface area (TPSA) is 101 Å². The zero-order chi connectivity index (χ0) is 26.7. The van der Waals surface area contributed by atoms with Crippen LogP contribution in [0.25, 0.3) is 0 Å². The molecule has 2 unspecified atom stereocenters. The fourth-order valence-corrected chi connectivity index (χ4v) is 4.28. The number of aliphatic hydroxyl groups is 1. The van der Waals surface area contributed by atoms with Crippen LogP contribution < -0.4 is 5.43 Å². The molecule has 0 aliphatic carbocycles. The molecule has 0 aliphatic rings. The number of hydrazine groups is 1. The first-order valence-corrected chi connectivity index (χ1v) is 13.2. The molecule has 0 aliphatic heterocycles. The molecule has 0 saturated carbocycles. The number of thiazole rings is 1. The third-order valence-corrected chi connectivity index (χ3v) is 6.21. The molecule has 0 spiro atoms. The summed E-state index contributed by atoms with van der Waals surface area (Å²) in [6.07, 6.45) is 1.21. The summed E-state index contributed by atoms with van der Waals surface area (Å²) >= 11 is 1.37. The van der Waals surface area contributed by atoms with Crippen LogP contribution >= 0.6 is 11.3 Å². The lowest BCUT2D eigenvalue weighted by Crippen LogP contribution is -2.54. The third-order valence-electron chi connectivity index (χ3n) is 5.46. The molecule has 3 aromatic rings. The van der Waals surface area contributed by atoms with E-state index in [1.54, 1.807) is 32.5 Å². The highest BCUT2D eigenvalue weighted by atomic mass is 32.1. The third kappa shape index (κ3) is 10.2. The van der Waals surface area contributed by atoms with E-state index < -0.39 is 29.9 Å².